The molecule has 3 unspecified atom stereocenters. The molecule has 20 heavy (non-hydrogen) atoms. The highest BCUT2D eigenvalue weighted by Gasteiger charge is 2.52. The first kappa shape index (κ1) is 13.7. The average Bonchev–Trinajstić information content (AvgIpc) is 3.04. The summed E-state index contributed by atoms with van der Waals surface area (Å²) in [7, 11) is 1.89. The lowest BCUT2D eigenvalue weighted by molar-refractivity contribution is -0.142. The fraction of sp³-hybridized carbons (Fsp3) is 0.867. The molecule has 0 aromatic rings. The molecule has 2 bridgehead atoms. The van der Waals surface area contributed by atoms with E-state index in [2.05, 4.69) is 0 Å². The van der Waals surface area contributed by atoms with Crippen molar-refractivity contribution in [2.24, 2.45) is 5.92 Å². The van der Waals surface area contributed by atoms with Crippen molar-refractivity contribution in [1.82, 2.24) is 9.80 Å². The van der Waals surface area contributed by atoms with Crippen LogP contribution in [0.4, 0.5) is 4.79 Å². The van der Waals surface area contributed by atoms with Crippen LogP contribution in [0, 0.1) is 5.92 Å². The van der Waals surface area contributed by atoms with Crippen LogP contribution in [0.25, 0.3) is 0 Å². The fourth-order valence-corrected chi connectivity index (χ4v) is 4.36. The van der Waals surface area contributed by atoms with Crippen molar-refractivity contribution in [3.63, 3.8) is 0 Å². The molecule has 0 radical (unpaired) electrons. The number of aliphatic carboxylic acids is 1. The monoisotopic (exact) mass is 280 g/mol. The first-order chi connectivity index (χ1) is 9.59. The maximum absolute atomic E-state index is 12.7. The van der Waals surface area contributed by atoms with Crippen LogP contribution in [-0.4, -0.2) is 52.1 Å². The standard InChI is InChI=1S/C15H24N2O3/c1-16(10-5-3-2-4-6-10)15(20)17-11-7-8-13(17)12(9-11)14(18)19/h10-13H,2-9H2,1H3,(H,18,19). The van der Waals surface area contributed by atoms with Gasteiger partial charge in [-0.05, 0) is 32.1 Å². The second-order valence-corrected chi connectivity index (χ2v) is 6.57. The van der Waals surface area contributed by atoms with Gasteiger partial charge in [-0.3, -0.25) is 4.79 Å². The van der Waals surface area contributed by atoms with Crippen LogP contribution in [0.1, 0.15) is 51.4 Å². The summed E-state index contributed by atoms with van der Waals surface area (Å²) in [5, 5.41) is 9.27. The van der Waals surface area contributed by atoms with Gasteiger partial charge < -0.3 is 14.9 Å². The zero-order chi connectivity index (χ0) is 14.3. The number of nitrogens with zero attached hydrogens (tertiary/aromatic N) is 2. The Labute approximate surface area is 119 Å². The predicted octanol–water partition coefficient (Wildman–Crippen LogP) is 2.31. The quantitative estimate of drug-likeness (QED) is 0.844. The maximum atomic E-state index is 12.7. The van der Waals surface area contributed by atoms with Crippen molar-refractivity contribution in [2.75, 3.05) is 7.05 Å². The van der Waals surface area contributed by atoms with Gasteiger partial charge in [0.25, 0.3) is 0 Å². The van der Waals surface area contributed by atoms with E-state index in [1.807, 2.05) is 16.8 Å². The first-order valence-electron chi connectivity index (χ1n) is 7.87. The highest BCUT2D eigenvalue weighted by Crippen LogP contribution is 2.42. The van der Waals surface area contributed by atoms with E-state index >= 15 is 0 Å². The van der Waals surface area contributed by atoms with E-state index in [0.717, 1.165) is 25.7 Å². The highest BCUT2D eigenvalue weighted by atomic mass is 16.4. The van der Waals surface area contributed by atoms with Crippen LogP contribution in [0.2, 0.25) is 0 Å². The zero-order valence-corrected chi connectivity index (χ0v) is 12.1. The molecule has 1 N–H and O–H groups in total. The molecule has 3 fully saturated rings. The Bertz CT molecular complexity index is 406. The molecule has 0 aromatic heterocycles. The molecule has 2 saturated heterocycles. The van der Waals surface area contributed by atoms with Crippen LogP contribution in [0.3, 0.4) is 0 Å². The molecule has 3 rings (SSSR count). The molecule has 3 aliphatic rings. The van der Waals surface area contributed by atoms with Crippen LogP contribution >= 0.6 is 0 Å². The van der Waals surface area contributed by atoms with Gasteiger partial charge in [0.2, 0.25) is 0 Å². The number of fused-ring (bicyclic) bond motifs is 2. The van der Waals surface area contributed by atoms with E-state index in [1.54, 1.807) is 0 Å². The summed E-state index contributed by atoms with van der Waals surface area (Å²) in [5.41, 5.74) is 0. The molecular weight excluding hydrogens is 256 g/mol. The molecule has 112 valence electrons. The van der Waals surface area contributed by atoms with Crippen molar-refractivity contribution >= 4 is 12.0 Å². The number of carbonyl (C=O) groups excluding carboxylic acids is 1. The smallest absolute Gasteiger partial charge is 0.320 e. The average molecular weight is 280 g/mol. The fourth-order valence-electron chi connectivity index (χ4n) is 4.36. The Morgan fingerprint density at radius 1 is 1.10 bits per heavy atom. The number of amides is 2. The Morgan fingerprint density at radius 3 is 2.40 bits per heavy atom. The van der Waals surface area contributed by atoms with Gasteiger partial charge in [-0.2, -0.15) is 0 Å². The number of urea groups is 1. The van der Waals surface area contributed by atoms with E-state index in [1.165, 1.54) is 19.3 Å². The Kier molecular flexibility index (Phi) is 3.61. The lowest BCUT2D eigenvalue weighted by Gasteiger charge is -2.36. The van der Waals surface area contributed by atoms with Crippen molar-refractivity contribution in [3.8, 4) is 0 Å². The van der Waals surface area contributed by atoms with Gasteiger partial charge in [-0.25, -0.2) is 4.79 Å². The second-order valence-electron chi connectivity index (χ2n) is 6.57. The van der Waals surface area contributed by atoms with Gasteiger partial charge in [0.1, 0.15) is 0 Å². The lowest BCUT2D eigenvalue weighted by Crippen LogP contribution is -2.49. The molecule has 5 heteroatoms. The molecule has 3 atom stereocenters. The normalized spacial score (nSPS) is 33.5. The Morgan fingerprint density at radius 2 is 1.80 bits per heavy atom. The van der Waals surface area contributed by atoms with E-state index in [0.29, 0.717) is 12.5 Å². The number of hydrogen-bond donors (Lipinski definition) is 1. The molecule has 0 spiro atoms. The summed E-state index contributed by atoms with van der Waals surface area (Å²) < 4.78 is 0. The molecule has 1 saturated carbocycles. The molecular formula is C15H24N2O3. The molecule has 2 aliphatic heterocycles. The molecule has 0 aromatic carbocycles. The molecule has 5 nitrogen and oxygen atoms in total. The first-order valence-corrected chi connectivity index (χ1v) is 7.87. The SMILES string of the molecule is CN(C(=O)N1C2CCC1C(C(=O)O)C2)C1CCCCC1. The third-order valence-electron chi connectivity index (χ3n) is 5.50. The summed E-state index contributed by atoms with van der Waals surface area (Å²) in [5.74, 6) is -1.09. The van der Waals surface area contributed by atoms with Gasteiger partial charge in [-0.15, -0.1) is 0 Å². The molecule has 1 aliphatic carbocycles. The third kappa shape index (κ3) is 2.17. The summed E-state index contributed by atoms with van der Waals surface area (Å²) in [4.78, 5) is 27.8. The Balaban J connectivity index is 1.69. The predicted molar refractivity (Wildman–Crippen MR) is 74.4 cm³/mol. The van der Waals surface area contributed by atoms with Gasteiger partial charge in [0.15, 0.2) is 0 Å². The summed E-state index contributed by atoms with van der Waals surface area (Å²) in [6, 6.07) is 0.489. The van der Waals surface area contributed by atoms with Gasteiger partial charge in [-0.1, -0.05) is 19.3 Å². The second kappa shape index (κ2) is 5.26. The van der Waals surface area contributed by atoms with Crippen molar-refractivity contribution in [2.45, 2.75) is 69.5 Å². The lowest BCUT2D eigenvalue weighted by atomic mass is 9.89. The number of hydrogen-bond acceptors (Lipinski definition) is 2. The van der Waals surface area contributed by atoms with E-state index < -0.39 is 5.97 Å². The maximum Gasteiger partial charge on any atom is 0.320 e. The number of carbonyl (C=O) groups is 2. The van der Waals surface area contributed by atoms with Crippen LogP contribution in [-0.2, 0) is 4.79 Å². The zero-order valence-electron chi connectivity index (χ0n) is 12.1. The van der Waals surface area contributed by atoms with E-state index in [-0.39, 0.29) is 24.0 Å². The van der Waals surface area contributed by atoms with Crippen molar-refractivity contribution in [1.29, 1.82) is 0 Å². The number of carboxylic acid groups (broad SMARTS) is 1. The van der Waals surface area contributed by atoms with Gasteiger partial charge in [0.05, 0.1) is 5.92 Å². The topological polar surface area (TPSA) is 60.9 Å². The summed E-state index contributed by atoms with van der Waals surface area (Å²) in [6.07, 6.45) is 8.32. The van der Waals surface area contributed by atoms with Gasteiger partial charge >= 0.3 is 12.0 Å². The molecule has 2 heterocycles. The van der Waals surface area contributed by atoms with Gasteiger partial charge in [0, 0.05) is 25.2 Å². The Hall–Kier alpha value is -1.26. The minimum atomic E-state index is -0.740. The number of carboxylic acids is 1. The minimum absolute atomic E-state index is 0.0631. The summed E-state index contributed by atoms with van der Waals surface area (Å²) >= 11 is 0. The van der Waals surface area contributed by atoms with Crippen LogP contribution < -0.4 is 0 Å². The van der Waals surface area contributed by atoms with Crippen molar-refractivity contribution < 1.29 is 14.7 Å². The van der Waals surface area contributed by atoms with Crippen LogP contribution in [0.5, 0.6) is 0 Å². The van der Waals surface area contributed by atoms with E-state index in [4.69, 9.17) is 0 Å². The number of rotatable bonds is 2. The van der Waals surface area contributed by atoms with Crippen LogP contribution in [0.15, 0.2) is 0 Å². The summed E-state index contributed by atoms with van der Waals surface area (Å²) in [6.45, 7) is 0. The molecule has 2 amide bonds. The minimum Gasteiger partial charge on any atom is -0.481 e. The highest BCUT2D eigenvalue weighted by molar-refractivity contribution is 5.79. The third-order valence-corrected chi connectivity index (χ3v) is 5.50. The largest absolute Gasteiger partial charge is 0.481 e. The van der Waals surface area contributed by atoms with E-state index in [9.17, 15) is 14.7 Å². The van der Waals surface area contributed by atoms with Crippen molar-refractivity contribution in [3.05, 3.63) is 0 Å².